The van der Waals surface area contributed by atoms with Crippen LogP contribution in [-0.2, 0) is 0 Å². The summed E-state index contributed by atoms with van der Waals surface area (Å²) in [6, 6.07) is 16.2. The van der Waals surface area contributed by atoms with E-state index in [1.165, 1.54) is 10.1 Å². The van der Waals surface area contributed by atoms with Gasteiger partial charge in [-0.3, -0.25) is 0 Å². The van der Waals surface area contributed by atoms with Gasteiger partial charge in [0, 0.05) is 13.8 Å². The standard InChI is InChI=1S/C15H11IOS/c16-12-5-1-4-11(9-12)14(17)13-6-2-3-10-7-8-18-15(10)13/h1-9,14,17H. The van der Waals surface area contributed by atoms with Crippen LogP contribution in [0.1, 0.15) is 17.2 Å². The minimum atomic E-state index is -0.554. The Kier molecular flexibility index (Phi) is 3.37. The van der Waals surface area contributed by atoms with E-state index in [0.717, 1.165) is 14.7 Å². The van der Waals surface area contributed by atoms with Crippen molar-refractivity contribution in [1.29, 1.82) is 0 Å². The van der Waals surface area contributed by atoms with Crippen molar-refractivity contribution in [1.82, 2.24) is 0 Å². The Balaban J connectivity index is 2.12. The summed E-state index contributed by atoms with van der Waals surface area (Å²) in [7, 11) is 0. The molecule has 0 bridgehead atoms. The van der Waals surface area contributed by atoms with Gasteiger partial charge in [0.15, 0.2) is 0 Å². The molecule has 3 aromatic rings. The van der Waals surface area contributed by atoms with Gasteiger partial charge in [-0.15, -0.1) is 11.3 Å². The molecule has 0 aliphatic heterocycles. The van der Waals surface area contributed by atoms with Crippen LogP contribution < -0.4 is 0 Å². The minimum absolute atomic E-state index is 0.554. The van der Waals surface area contributed by atoms with Gasteiger partial charge in [-0.1, -0.05) is 30.3 Å². The Morgan fingerprint density at radius 3 is 2.72 bits per heavy atom. The van der Waals surface area contributed by atoms with Crippen molar-refractivity contribution >= 4 is 44.0 Å². The third-order valence-corrected chi connectivity index (χ3v) is 4.62. The second kappa shape index (κ2) is 4.99. The lowest BCUT2D eigenvalue weighted by molar-refractivity contribution is 0.222. The summed E-state index contributed by atoms with van der Waals surface area (Å²) in [5.74, 6) is 0. The SMILES string of the molecule is OC(c1cccc(I)c1)c1cccc2ccsc12. The maximum atomic E-state index is 10.5. The van der Waals surface area contributed by atoms with E-state index in [0.29, 0.717) is 0 Å². The highest BCUT2D eigenvalue weighted by molar-refractivity contribution is 14.1. The maximum absolute atomic E-state index is 10.5. The first kappa shape index (κ1) is 12.1. The summed E-state index contributed by atoms with van der Waals surface area (Å²) in [6.07, 6.45) is -0.554. The van der Waals surface area contributed by atoms with Crippen LogP contribution in [0.2, 0.25) is 0 Å². The lowest BCUT2D eigenvalue weighted by Gasteiger charge is -2.12. The van der Waals surface area contributed by atoms with Gasteiger partial charge >= 0.3 is 0 Å². The molecule has 0 fully saturated rings. The van der Waals surface area contributed by atoms with Crippen molar-refractivity contribution in [3.8, 4) is 0 Å². The summed E-state index contributed by atoms with van der Waals surface area (Å²) in [6.45, 7) is 0. The average Bonchev–Trinajstić information content (AvgIpc) is 2.86. The number of aliphatic hydroxyl groups excluding tert-OH is 1. The Labute approximate surface area is 123 Å². The van der Waals surface area contributed by atoms with Gasteiger partial charge in [-0.2, -0.15) is 0 Å². The van der Waals surface area contributed by atoms with E-state index in [4.69, 9.17) is 0 Å². The van der Waals surface area contributed by atoms with Crippen molar-refractivity contribution in [2.24, 2.45) is 0 Å². The Bertz CT molecular complexity index is 690. The number of halogens is 1. The third kappa shape index (κ3) is 2.18. The van der Waals surface area contributed by atoms with Gasteiger partial charge in [-0.25, -0.2) is 0 Å². The molecule has 1 nitrogen and oxygen atoms in total. The van der Waals surface area contributed by atoms with Gasteiger partial charge in [-0.05, 0) is 57.1 Å². The molecule has 1 N–H and O–H groups in total. The smallest absolute Gasteiger partial charge is 0.105 e. The highest BCUT2D eigenvalue weighted by atomic mass is 127. The molecule has 0 aliphatic carbocycles. The highest BCUT2D eigenvalue weighted by Crippen LogP contribution is 2.32. The van der Waals surface area contributed by atoms with E-state index in [9.17, 15) is 5.11 Å². The number of hydrogen-bond donors (Lipinski definition) is 1. The van der Waals surface area contributed by atoms with Crippen molar-refractivity contribution in [3.63, 3.8) is 0 Å². The number of aliphatic hydroxyl groups is 1. The zero-order valence-electron chi connectivity index (χ0n) is 9.51. The maximum Gasteiger partial charge on any atom is 0.105 e. The lowest BCUT2D eigenvalue weighted by atomic mass is 10.0. The van der Waals surface area contributed by atoms with E-state index in [2.05, 4.69) is 40.1 Å². The molecular weight excluding hydrogens is 355 g/mol. The fourth-order valence-corrected chi connectivity index (χ4v) is 3.59. The van der Waals surface area contributed by atoms with Crippen LogP contribution in [0.3, 0.4) is 0 Å². The average molecular weight is 366 g/mol. The summed E-state index contributed by atoms with van der Waals surface area (Å²) < 4.78 is 2.31. The van der Waals surface area contributed by atoms with Crippen LogP contribution >= 0.6 is 33.9 Å². The summed E-state index contributed by atoms with van der Waals surface area (Å²) in [5, 5.41) is 13.8. The van der Waals surface area contributed by atoms with Crippen molar-refractivity contribution in [2.75, 3.05) is 0 Å². The number of benzene rings is 2. The van der Waals surface area contributed by atoms with Crippen LogP contribution in [0.15, 0.2) is 53.9 Å². The molecule has 3 rings (SSSR count). The predicted octanol–water partition coefficient (Wildman–Crippen LogP) is 4.59. The fraction of sp³-hybridized carbons (Fsp3) is 0.0667. The molecule has 1 unspecified atom stereocenters. The van der Waals surface area contributed by atoms with Gasteiger partial charge in [0.1, 0.15) is 6.10 Å². The number of rotatable bonds is 2. The molecule has 1 atom stereocenters. The fourth-order valence-electron chi connectivity index (χ4n) is 2.09. The third-order valence-electron chi connectivity index (χ3n) is 2.97. The van der Waals surface area contributed by atoms with Crippen LogP contribution in [0.5, 0.6) is 0 Å². The van der Waals surface area contributed by atoms with Gasteiger partial charge < -0.3 is 5.11 Å². The first-order chi connectivity index (χ1) is 8.75. The Morgan fingerprint density at radius 2 is 1.89 bits per heavy atom. The molecule has 90 valence electrons. The first-order valence-electron chi connectivity index (χ1n) is 5.65. The zero-order chi connectivity index (χ0) is 12.5. The molecule has 2 aromatic carbocycles. The van der Waals surface area contributed by atoms with Crippen molar-refractivity contribution in [3.05, 3.63) is 68.6 Å². The highest BCUT2D eigenvalue weighted by Gasteiger charge is 2.14. The van der Waals surface area contributed by atoms with E-state index < -0.39 is 6.10 Å². The molecule has 1 aromatic heterocycles. The first-order valence-corrected chi connectivity index (χ1v) is 7.61. The van der Waals surface area contributed by atoms with Crippen LogP contribution in [0.25, 0.3) is 10.1 Å². The number of thiophene rings is 1. The summed E-state index contributed by atoms with van der Waals surface area (Å²) in [5.41, 5.74) is 1.94. The normalized spacial score (nSPS) is 12.8. The topological polar surface area (TPSA) is 20.2 Å². The van der Waals surface area contributed by atoms with Crippen LogP contribution in [-0.4, -0.2) is 5.11 Å². The molecule has 0 radical (unpaired) electrons. The molecule has 18 heavy (non-hydrogen) atoms. The largest absolute Gasteiger partial charge is 0.384 e. The summed E-state index contributed by atoms with van der Waals surface area (Å²) in [4.78, 5) is 0. The van der Waals surface area contributed by atoms with E-state index in [-0.39, 0.29) is 0 Å². The molecule has 0 amide bonds. The number of hydrogen-bond acceptors (Lipinski definition) is 2. The summed E-state index contributed by atoms with van der Waals surface area (Å²) >= 11 is 3.95. The molecule has 0 spiro atoms. The number of fused-ring (bicyclic) bond motifs is 1. The monoisotopic (exact) mass is 366 g/mol. The second-order valence-electron chi connectivity index (χ2n) is 4.14. The lowest BCUT2D eigenvalue weighted by Crippen LogP contribution is -1.99. The quantitative estimate of drug-likeness (QED) is 0.658. The van der Waals surface area contributed by atoms with Crippen LogP contribution in [0.4, 0.5) is 0 Å². The van der Waals surface area contributed by atoms with E-state index >= 15 is 0 Å². The second-order valence-corrected chi connectivity index (χ2v) is 6.31. The van der Waals surface area contributed by atoms with Crippen molar-refractivity contribution < 1.29 is 5.11 Å². The Hall–Kier alpha value is -0.910. The molecule has 0 saturated carbocycles. The van der Waals surface area contributed by atoms with Crippen LogP contribution in [0, 0.1) is 3.57 Å². The molecule has 0 saturated heterocycles. The minimum Gasteiger partial charge on any atom is -0.384 e. The zero-order valence-corrected chi connectivity index (χ0v) is 12.5. The molecule has 3 heteroatoms. The van der Waals surface area contributed by atoms with Crippen molar-refractivity contribution in [2.45, 2.75) is 6.10 Å². The van der Waals surface area contributed by atoms with E-state index in [1.807, 2.05) is 36.4 Å². The predicted molar refractivity (Wildman–Crippen MR) is 85.0 cm³/mol. The van der Waals surface area contributed by atoms with Gasteiger partial charge in [0.25, 0.3) is 0 Å². The van der Waals surface area contributed by atoms with Gasteiger partial charge in [0.2, 0.25) is 0 Å². The van der Waals surface area contributed by atoms with Gasteiger partial charge in [0.05, 0.1) is 0 Å². The molecule has 0 aliphatic rings. The molecular formula is C15H11IOS. The Morgan fingerprint density at radius 1 is 1.06 bits per heavy atom. The molecule has 1 heterocycles. The van der Waals surface area contributed by atoms with E-state index in [1.54, 1.807) is 11.3 Å².